The Morgan fingerprint density at radius 1 is 0.731 bits per heavy atom. The lowest BCUT2D eigenvalue weighted by Crippen LogP contribution is -2.44. The molecular formula is C21H42F2O3. The van der Waals surface area contributed by atoms with Crippen LogP contribution in [-0.2, 0) is 0 Å². The number of aliphatic hydroxyl groups is 1. The molecule has 5 heteroatoms. The molecule has 0 aromatic carbocycles. The van der Waals surface area contributed by atoms with Gasteiger partial charge in [0.15, 0.2) is 6.17 Å². The summed E-state index contributed by atoms with van der Waals surface area (Å²) in [5.74, 6) is 2.52. The molecule has 3 nitrogen and oxygen atoms in total. The zero-order chi connectivity index (χ0) is 16.4. The molecule has 0 aliphatic heterocycles. The molecule has 0 aromatic heterocycles. The number of alkyl halides is 2. The molecule has 3 aliphatic carbocycles. The van der Waals surface area contributed by atoms with Crippen molar-refractivity contribution in [3.05, 3.63) is 12.7 Å². The highest BCUT2D eigenvalue weighted by Gasteiger charge is 2.44. The van der Waals surface area contributed by atoms with Gasteiger partial charge in [-0.1, -0.05) is 13.5 Å². The predicted octanol–water partition coefficient (Wildman–Crippen LogP) is 4.47. The normalized spacial score (nSPS) is 43.2. The van der Waals surface area contributed by atoms with Crippen LogP contribution in [0.1, 0.15) is 73.1 Å². The van der Waals surface area contributed by atoms with Crippen molar-refractivity contribution in [1.82, 2.24) is 0 Å². The molecular weight excluding hydrogens is 338 g/mol. The van der Waals surface area contributed by atoms with Gasteiger partial charge in [-0.2, -0.15) is 0 Å². The Morgan fingerprint density at radius 2 is 1.19 bits per heavy atom. The van der Waals surface area contributed by atoms with Crippen molar-refractivity contribution < 1.29 is 26.3 Å². The quantitative estimate of drug-likeness (QED) is 0.720. The fraction of sp³-hybridized carbons (Fsp3) is 0.905. The van der Waals surface area contributed by atoms with Crippen LogP contribution in [0.5, 0.6) is 0 Å². The number of rotatable bonds is 3. The first-order valence-electron chi connectivity index (χ1n) is 9.69. The lowest BCUT2D eigenvalue weighted by molar-refractivity contribution is -0.0561. The van der Waals surface area contributed by atoms with Crippen LogP contribution in [0.3, 0.4) is 0 Å². The second-order valence-corrected chi connectivity index (χ2v) is 8.28. The molecule has 0 amide bonds. The smallest absolute Gasteiger partial charge is 0.157 e. The standard InChI is InChI=1S/C20H32F2O.CH4.2H2O.H2/c1-2-13-3-5-14(6-4-13)15-7-9-16(10-8-15)17-11-12-18(23)20(22)19(17)21;;;;/h2,13-20,23H,1,3-12H2;1H4;2*1H2;1H. The average Bonchev–Trinajstić information content (AvgIpc) is 2.60. The van der Waals surface area contributed by atoms with Crippen LogP contribution in [0.4, 0.5) is 8.78 Å². The summed E-state index contributed by atoms with van der Waals surface area (Å²) in [5, 5.41) is 9.50. The minimum Gasteiger partial charge on any atom is -0.412 e. The highest BCUT2D eigenvalue weighted by atomic mass is 19.2. The van der Waals surface area contributed by atoms with Gasteiger partial charge in [0, 0.05) is 1.43 Å². The third-order valence-electron chi connectivity index (χ3n) is 7.12. The van der Waals surface area contributed by atoms with Gasteiger partial charge in [0.05, 0.1) is 6.10 Å². The number of aliphatic hydroxyl groups excluding tert-OH is 1. The van der Waals surface area contributed by atoms with Crippen molar-refractivity contribution in [2.24, 2.45) is 29.6 Å². The van der Waals surface area contributed by atoms with Crippen LogP contribution in [-0.4, -0.2) is 34.5 Å². The van der Waals surface area contributed by atoms with Crippen molar-refractivity contribution in [2.75, 3.05) is 0 Å². The molecule has 0 saturated heterocycles. The van der Waals surface area contributed by atoms with E-state index < -0.39 is 18.4 Å². The first-order chi connectivity index (χ1) is 11.1. The molecule has 158 valence electrons. The Morgan fingerprint density at radius 3 is 1.69 bits per heavy atom. The van der Waals surface area contributed by atoms with Crippen LogP contribution in [0.15, 0.2) is 12.7 Å². The summed E-state index contributed by atoms with van der Waals surface area (Å²) in [5.41, 5.74) is 0. The van der Waals surface area contributed by atoms with E-state index in [0.717, 1.165) is 24.7 Å². The third kappa shape index (κ3) is 5.49. The number of hydrogen-bond donors (Lipinski definition) is 1. The first-order valence-corrected chi connectivity index (χ1v) is 9.69. The minimum absolute atomic E-state index is 0. The number of halogens is 2. The van der Waals surface area contributed by atoms with Gasteiger partial charge in [0.25, 0.3) is 0 Å². The van der Waals surface area contributed by atoms with E-state index in [2.05, 4.69) is 12.7 Å². The maximum Gasteiger partial charge on any atom is 0.157 e. The molecule has 26 heavy (non-hydrogen) atoms. The molecule has 3 aliphatic rings. The van der Waals surface area contributed by atoms with Gasteiger partial charge < -0.3 is 16.1 Å². The van der Waals surface area contributed by atoms with Gasteiger partial charge in [-0.05, 0) is 93.8 Å². The molecule has 4 unspecified atom stereocenters. The van der Waals surface area contributed by atoms with Gasteiger partial charge in [0.2, 0.25) is 0 Å². The number of hydrogen-bond acceptors (Lipinski definition) is 1. The van der Waals surface area contributed by atoms with Crippen molar-refractivity contribution in [2.45, 2.75) is 90.1 Å². The van der Waals surface area contributed by atoms with Gasteiger partial charge >= 0.3 is 0 Å². The molecule has 4 atom stereocenters. The topological polar surface area (TPSA) is 83.2 Å². The monoisotopic (exact) mass is 380 g/mol. The molecule has 3 saturated carbocycles. The second-order valence-electron chi connectivity index (χ2n) is 8.28. The first kappa shape index (κ1) is 25.5. The van der Waals surface area contributed by atoms with Crippen LogP contribution in [0, 0.1) is 29.6 Å². The second kappa shape index (κ2) is 11.4. The summed E-state index contributed by atoms with van der Waals surface area (Å²) in [6, 6.07) is 0. The van der Waals surface area contributed by atoms with Crippen LogP contribution >= 0.6 is 0 Å². The summed E-state index contributed by atoms with van der Waals surface area (Å²) in [6.07, 6.45) is 8.68. The van der Waals surface area contributed by atoms with Crippen molar-refractivity contribution in [1.29, 1.82) is 0 Å². The Bertz CT molecular complexity index is 397. The van der Waals surface area contributed by atoms with Crippen molar-refractivity contribution >= 4 is 0 Å². The van der Waals surface area contributed by atoms with E-state index in [1.807, 2.05) is 0 Å². The summed E-state index contributed by atoms with van der Waals surface area (Å²) in [7, 11) is 0. The lowest BCUT2D eigenvalue weighted by atomic mass is 9.65. The van der Waals surface area contributed by atoms with Crippen LogP contribution < -0.4 is 0 Å². The largest absolute Gasteiger partial charge is 0.412 e. The maximum absolute atomic E-state index is 14.3. The number of allylic oxidation sites excluding steroid dienone is 1. The zero-order valence-electron chi connectivity index (χ0n) is 15.2. The van der Waals surface area contributed by atoms with Crippen LogP contribution in [0.2, 0.25) is 0 Å². The van der Waals surface area contributed by atoms with Crippen molar-refractivity contribution in [3.8, 4) is 0 Å². The SMILES string of the molecule is C.C=CC1CCC(C2CCC(C3CCC(O)C(F)C3F)CC2)CC1.O.O.[HH]. The molecule has 0 spiro atoms. The van der Waals surface area contributed by atoms with Gasteiger partial charge in [-0.3, -0.25) is 0 Å². The van der Waals surface area contributed by atoms with Crippen molar-refractivity contribution in [3.63, 3.8) is 0 Å². The summed E-state index contributed by atoms with van der Waals surface area (Å²) >= 11 is 0. The third-order valence-corrected chi connectivity index (χ3v) is 7.12. The predicted molar refractivity (Wildman–Crippen MR) is 106 cm³/mol. The van der Waals surface area contributed by atoms with Gasteiger partial charge in [-0.25, -0.2) is 8.78 Å². The summed E-state index contributed by atoms with van der Waals surface area (Å²) < 4.78 is 28.0. The van der Waals surface area contributed by atoms with E-state index in [9.17, 15) is 13.9 Å². The molecule has 3 rings (SSSR count). The minimum atomic E-state index is -1.67. The van der Waals surface area contributed by atoms with E-state index >= 15 is 0 Å². The highest BCUT2D eigenvalue weighted by molar-refractivity contribution is 4.93. The molecule has 0 radical (unpaired) electrons. The van der Waals surface area contributed by atoms with E-state index in [-0.39, 0.29) is 25.7 Å². The highest BCUT2D eigenvalue weighted by Crippen LogP contribution is 2.46. The summed E-state index contributed by atoms with van der Waals surface area (Å²) in [4.78, 5) is 0. The molecule has 0 aromatic rings. The Kier molecular flexibility index (Phi) is 11.1. The Labute approximate surface area is 159 Å². The Balaban J connectivity index is 0. The van der Waals surface area contributed by atoms with E-state index in [1.54, 1.807) is 0 Å². The zero-order valence-corrected chi connectivity index (χ0v) is 15.2. The molecule has 0 heterocycles. The van der Waals surface area contributed by atoms with Crippen LogP contribution in [0.25, 0.3) is 0 Å². The lowest BCUT2D eigenvalue weighted by Gasteiger charge is -2.42. The Hall–Kier alpha value is -0.520. The van der Waals surface area contributed by atoms with E-state index in [1.165, 1.54) is 38.5 Å². The van der Waals surface area contributed by atoms with E-state index in [4.69, 9.17) is 0 Å². The van der Waals surface area contributed by atoms with Gasteiger partial charge in [-0.15, -0.1) is 6.58 Å². The van der Waals surface area contributed by atoms with Gasteiger partial charge in [0.1, 0.15) is 6.17 Å². The fourth-order valence-corrected chi connectivity index (χ4v) is 5.52. The molecule has 5 N–H and O–H groups in total. The average molecular weight is 381 g/mol. The maximum atomic E-state index is 14.3. The molecule has 3 fully saturated rings. The molecule has 0 bridgehead atoms. The summed E-state index contributed by atoms with van der Waals surface area (Å²) in [6.45, 7) is 3.92. The fourth-order valence-electron chi connectivity index (χ4n) is 5.52. The van der Waals surface area contributed by atoms with E-state index in [0.29, 0.717) is 24.7 Å².